The number of aryl methyl sites for hydroxylation is 1. The summed E-state index contributed by atoms with van der Waals surface area (Å²) < 4.78 is 2.26. The van der Waals surface area contributed by atoms with Crippen molar-refractivity contribution in [1.29, 1.82) is 0 Å². The molecule has 6 nitrogen and oxygen atoms in total. The molecule has 0 bridgehead atoms. The van der Waals surface area contributed by atoms with Gasteiger partial charge in [-0.25, -0.2) is 4.57 Å². The summed E-state index contributed by atoms with van der Waals surface area (Å²) in [6, 6.07) is 13.3. The van der Waals surface area contributed by atoms with Gasteiger partial charge in [0.25, 0.3) is 0 Å². The Morgan fingerprint density at radius 1 is 0.804 bits per heavy atom. The van der Waals surface area contributed by atoms with E-state index in [1.165, 1.54) is 28.1 Å². The summed E-state index contributed by atoms with van der Waals surface area (Å²) in [6.45, 7) is 14.5. The summed E-state index contributed by atoms with van der Waals surface area (Å²) in [5.74, 6) is 2.08. The third kappa shape index (κ3) is 11.5. The molecule has 8 heteroatoms. The molecule has 1 aromatic carbocycles. The number of pyridine rings is 1. The zero-order valence-corrected chi connectivity index (χ0v) is 28.7. The van der Waals surface area contributed by atoms with E-state index >= 15 is 0 Å². The quantitative estimate of drug-likeness (QED) is 0.0787. The SMILES string of the molecule is C=CC(/C=C/C1=CC=C(N2CCNCC2)CC1)=C\C=N\CCSSCC[n+]1ccc(/C=C/c2ccc(N3CCNCC3)cc2)cc1. The zero-order valence-electron chi connectivity index (χ0n) is 27.0. The highest BCUT2D eigenvalue weighted by molar-refractivity contribution is 8.76. The van der Waals surface area contributed by atoms with Crippen LogP contribution in [0, 0.1) is 0 Å². The minimum absolute atomic E-state index is 0.819. The molecule has 2 aromatic rings. The third-order valence-electron chi connectivity index (χ3n) is 8.36. The Balaban J connectivity index is 0.941. The van der Waals surface area contributed by atoms with Crippen molar-refractivity contribution in [2.24, 2.45) is 4.99 Å². The van der Waals surface area contributed by atoms with Crippen LogP contribution < -0.4 is 20.1 Å². The highest BCUT2D eigenvalue weighted by Crippen LogP contribution is 2.23. The fourth-order valence-corrected chi connectivity index (χ4v) is 7.45. The first kappa shape index (κ1) is 34.0. The lowest BCUT2D eigenvalue weighted by atomic mass is 10.00. The van der Waals surface area contributed by atoms with E-state index in [0.717, 1.165) is 95.4 Å². The fraction of sp³-hybridized carbons (Fsp3) is 0.368. The fourth-order valence-electron chi connectivity index (χ4n) is 5.60. The molecule has 2 aliphatic heterocycles. The van der Waals surface area contributed by atoms with Gasteiger partial charge >= 0.3 is 0 Å². The second-order valence-electron chi connectivity index (χ2n) is 11.6. The molecule has 242 valence electrons. The maximum Gasteiger partial charge on any atom is 0.169 e. The molecule has 2 saturated heterocycles. The van der Waals surface area contributed by atoms with Crippen molar-refractivity contribution >= 4 is 45.6 Å². The first-order valence-electron chi connectivity index (χ1n) is 16.6. The molecule has 0 unspecified atom stereocenters. The van der Waals surface area contributed by atoms with Gasteiger partial charge < -0.3 is 20.4 Å². The lowest BCUT2D eigenvalue weighted by Crippen LogP contribution is -2.43. The van der Waals surface area contributed by atoms with Crippen LogP contribution in [0.1, 0.15) is 24.0 Å². The number of benzene rings is 1. The van der Waals surface area contributed by atoms with E-state index in [1.54, 1.807) is 0 Å². The van der Waals surface area contributed by atoms with Gasteiger partial charge in [-0.15, -0.1) is 0 Å². The minimum atomic E-state index is 0.819. The summed E-state index contributed by atoms with van der Waals surface area (Å²) in [6.07, 6.45) is 25.7. The molecule has 0 saturated carbocycles. The Morgan fingerprint density at radius 3 is 2.15 bits per heavy atom. The van der Waals surface area contributed by atoms with Gasteiger partial charge in [0.1, 0.15) is 0 Å². The van der Waals surface area contributed by atoms with E-state index in [1.807, 2.05) is 40.0 Å². The average molecular weight is 654 g/mol. The molecule has 0 atom stereocenters. The summed E-state index contributed by atoms with van der Waals surface area (Å²) in [7, 11) is 3.81. The smallest absolute Gasteiger partial charge is 0.169 e. The molecule has 46 heavy (non-hydrogen) atoms. The van der Waals surface area contributed by atoms with Crippen LogP contribution in [0.25, 0.3) is 12.2 Å². The zero-order chi connectivity index (χ0) is 31.7. The largest absolute Gasteiger partial charge is 0.372 e. The van der Waals surface area contributed by atoms with Crippen LogP contribution >= 0.6 is 21.6 Å². The predicted octanol–water partition coefficient (Wildman–Crippen LogP) is 6.18. The summed E-state index contributed by atoms with van der Waals surface area (Å²) >= 11 is 0. The first-order chi connectivity index (χ1) is 22.8. The standard InChI is InChI=1S/C38H49N6S2/c1-2-33(3-4-34-7-11-37(12-8-34)43-26-19-40-20-27-43)15-18-39-23-31-45-46-32-30-42-24-16-36(17-25-42)6-5-35-9-13-38(14-10-35)44-28-21-41-22-29-44/h2-7,9-11,13-18,24-25,40-41H,1,8,12,19-23,26-32H2/q+1/b4-3+,33-15+,39-18+. The second kappa shape index (κ2) is 19.4. The molecular formula is C38H49N6S2+. The van der Waals surface area contributed by atoms with Crippen LogP contribution in [-0.4, -0.2) is 81.5 Å². The van der Waals surface area contributed by atoms with Crippen molar-refractivity contribution < 1.29 is 4.57 Å². The number of nitrogens with zero attached hydrogens (tertiary/aromatic N) is 4. The number of aliphatic imine (C=N–C) groups is 1. The maximum atomic E-state index is 4.58. The molecule has 5 rings (SSSR count). The van der Waals surface area contributed by atoms with Crippen LogP contribution in [0.2, 0.25) is 0 Å². The van der Waals surface area contributed by atoms with Crippen LogP contribution in [0.3, 0.4) is 0 Å². The normalized spacial score (nSPS) is 18.0. The second-order valence-corrected chi connectivity index (χ2v) is 14.3. The number of anilines is 1. The first-order valence-corrected chi connectivity index (χ1v) is 19.1. The Bertz CT molecular complexity index is 1410. The van der Waals surface area contributed by atoms with Gasteiger partial charge in [0.05, 0.1) is 5.75 Å². The van der Waals surface area contributed by atoms with Gasteiger partial charge in [-0.3, -0.25) is 4.99 Å². The van der Waals surface area contributed by atoms with E-state index in [0.29, 0.717) is 0 Å². The molecule has 2 N–H and O–H groups in total. The Hall–Kier alpha value is -3.30. The Morgan fingerprint density at radius 2 is 1.48 bits per heavy atom. The van der Waals surface area contributed by atoms with Gasteiger partial charge in [0.2, 0.25) is 0 Å². The van der Waals surface area contributed by atoms with Crippen LogP contribution in [0.4, 0.5) is 5.69 Å². The number of rotatable bonds is 15. The molecule has 1 aliphatic carbocycles. The van der Waals surface area contributed by atoms with Crippen molar-refractivity contribution in [3.63, 3.8) is 0 Å². The Kier molecular flexibility index (Phi) is 14.3. The lowest BCUT2D eigenvalue weighted by molar-refractivity contribution is -0.692. The molecular weight excluding hydrogens is 605 g/mol. The molecule has 2 fully saturated rings. The van der Waals surface area contributed by atoms with Gasteiger partial charge in [0, 0.05) is 94.4 Å². The molecule has 0 spiro atoms. The topological polar surface area (TPSA) is 46.8 Å². The maximum absolute atomic E-state index is 4.58. The highest BCUT2D eigenvalue weighted by Gasteiger charge is 2.14. The summed E-state index contributed by atoms with van der Waals surface area (Å²) in [4.78, 5) is 9.54. The van der Waals surface area contributed by atoms with E-state index in [4.69, 9.17) is 0 Å². The monoisotopic (exact) mass is 653 g/mol. The Labute approximate surface area is 284 Å². The van der Waals surface area contributed by atoms with Crippen LogP contribution in [0.15, 0.2) is 114 Å². The van der Waals surface area contributed by atoms with Crippen molar-refractivity contribution in [3.8, 4) is 0 Å². The van der Waals surface area contributed by atoms with E-state index in [9.17, 15) is 0 Å². The predicted molar refractivity (Wildman–Crippen MR) is 203 cm³/mol. The van der Waals surface area contributed by atoms with Crippen molar-refractivity contribution in [1.82, 2.24) is 15.5 Å². The van der Waals surface area contributed by atoms with Crippen molar-refractivity contribution in [2.45, 2.75) is 19.4 Å². The van der Waals surface area contributed by atoms with Gasteiger partial charge in [-0.1, -0.05) is 76.8 Å². The van der Waals surface area contributed by atoms with Crippen molar-refractivity contribution in [2.75, 3.05) is 75.3 Å². The number of piperazine rings is 2. The lowest BCUT2D eigenvalue weighted by Gasteiger charge is -2.32. The number of aromatic nitrogens is 1. The third-order valence-corrected chi connectivity index (χ3v) is 10.7. The highest BCUT2D eigenvalue weighted by atomic mass is 33.1. The minimum Gasteiger partial charge on any atom is -0.372 e. The average Bonchev–Trinajstić information content (AvgIpc) is 3.13. The molecule has 1 aromatic heterocycles. The van der Waals surface area contributed by atoms with E-state index in [2.05, 4.69) is 122 Å². The van der Waals surface area contributed by atoms with Crippen LogP contribution in [-0.2, 0) is 6.54 Å². The molecule has 0 radical (unpaired) electrons. The molecule has 3 aliphatic rings. The number of hydrogen-bond donors (Lipinski definition) is 2. The summed E-state index contributed by atoms with van der Waals surface area (Å²) in [5.41, 5.74) is 7.68. The van der Waals surface area contributed by atoms with E-state index in [-0.39, 0.29) is 0 Å². The molecule has 0 amide bonds. The van der Waals surface area contributed by atoms with Gasteiger partial charge in [-0.05, 0) is 59.4 Å². The van der Waals surface area contributed by atoms with Gasteiger partial charge in [0.15, 0.2) is 18.9 Å². The number of hydrogen-bond acceptors (Lipinski definition) is 7. The number of nitrogens with one attached hydrogen (secondary N) is 2. The van der Waals surface area contributed by atoms with Gasteiger partial charge in [-0.2, -0.15) is 0 Å². The summed E-state index contributed by atoms with van der Waals surface area (Å²) in [5, 5.41) is 6.84. The van der Waals surface area contributed by atoms with Crippen molar-refractivity contribution in [3.05, 3.63) is 120 Å². The molecule has 3 heterocycles. The van der Waals surface area contributed by atoms with E-state index < -0.39 is 0 Å². The van der Waals surface area contributed by atoms with Crippen LogP contribution in [0.5, 0.6) is 0 Å². The number of allylic oxidation sites excluding steroid dienone is 9.